The minimum atomic E-state index is 0.480. The molecule has 0 amide bonds. The normalized spacial score (nSPS) is 39.8. The Kier molecular flexibility index (Phi) is 5.56. The summed E-state index contributed by atoms with van der Waals surface area (Å²) in [6.07, 6.45) is 11.5. The summed E-state index contributed by atoms with van der Waals surface area (Å²) in [5.41, 5.74) is 6.62. The lowest BCUT2D eigenvalue weighted by Gasteiger charge is -2.47. The van der Waals surface area contributed by atoms with E-state index in [0.29, 0.717) is 5.41 Å². The van der Waals surface area contributed by atoms with Gasteiger partial charge in [0.15, 0.2) is 0 Å². The Morgan fingerprint density at radius 2 is 1.60 bits per heavy atom. The molecule has 5 atom stereocenters. The molecule has 0 bridgehead atoms. The third kappa shape index (κ3) is 3.59. The van der Waals surface area contributed by atoms with Gasteiger partial charge in [-0.15, -0.1) is 0 Å². The topological polar surface area (TPSA) is 26.0 Å². The lowest BCUT2D eigenvalue weighted by Crippen LogP contribution is -2.41. The molecule has 2 aliphatic rings. The van der Waals surface area contributed by atoms with Crippen LogP contribution < -0.4 is 5.73 Å². The highest BCUT2D eigenvalue weighted by Gasteiger charge is 2.41. The molecule has 1 heteroatoms. The van der Waals surface area contributed by atoms with Gasteiger partial charge in [-0.25, -0.2) is 0 Å². The van der Waals surface area contributed by atoms with Crippen LogP contribution in [0.25, 0.3) is 0 Å². The van der Waals surface area contributed by atoms with Crippen LogP contribution in [0.4, 0.5) is 0 Å². The zero-order valence-electron chi connectivity index (χ0n) is 14.3. The van der Waals surface area contributed by atoms with Gasteiger partial charge in [-0.1, -0.05) is 53.4 Å². The van der Waals surface area contributed by atoms with E-state index in [-0.39, 0.29) is 0 Å². The maximum absolute atomic E-state index is 6.14. The molecule has 0 aliphatic heterocycles. The van der Waals surface area contributed by atoms with Gasteiger partial charge in [-0.3, -0.25) is 0 Å². The second-order valence-corrected chi connectivity index (χ2v) is 8.65. The first-order valence-corrected chi connectivity index (χ1v) is 9.17. The van der Waals surface area contributed by atoms with Crippen LogP contribution in [-0.2, 0) is 0 Å². The SMILES string of the molecule is CCC1CCCCC1C1CC(C(C)(C)C)CCC1CN. The Bertz CT molecular complexity index is 291. The van der Waals surface area contributed by atoms with E-state index in [1.54, 1.807) is 0 Å². The molecular formula is C19H37N. The van der Waals surface area contributed by atoms with E-state index in [0.717, 1.165) is 36.1 Å². The first-order chi connectivity index (χ1) is 9.47. The highest BCUT2D eigenvalue weighted by molar-refractivity contribution is 4.91. The summed E-state index contributed by atoms with van der Waals surface area (Å²) in [6, 6.07) is 0. The van der Waals surface area contributed by atoms with E-state index < -0.39 is 0 Å². The standard InChI is InChI=1S/C19H37N/c1-5-14-8-6-7-9-17(14)18-12-16(19(2,3)4)11-10-15(18)13-20/h14-18H,5-13,20H2,1-4H3. The third-order valence-corrected chi connectivity index (χ3v) is 6.62. The highest BCUT2D eigenvalue weighted by Crippen LogP contribution is 2.49. The molecular weight excluding hydrogens is 242 g/mol. The molecule has 20 heavy (non-hydrogen) atoms. The van der Waals surface area contributed by atoms with Crippen molar-refractivity contribution in [1.29, 1.82) is 0 Å². The maximum Gasteiger partial charge on any atom is -0.00461 e. The van der Waals surface area contributed by atoms with Crippen molar-refractivity contribution in [2.75, 3.05) is 6.54 Å². The molecule has 0 saturated heterocycles. The summed E-state index contributed by atoms with van der Waals surface area (Å²) >= 11 is 0. The molecule has 2 rings (SSSR count). The Balaban J connectivity index is 2.11. The molecule has 118 valence electrons. The lowest BCUT2D eigenvalue weighted by atomic mass is 9.58. The quantitative estimate of drug-likeness (QED) is 0.751. The molecule has 1 nitrogen and oxygen atoms in total. The number of hydrogen-bond donors (Lipinski definition) is 1. The van der Waals surface area contributed by atoms with Crippen LogP contribution in [0.1, 0.15) is 79.1 Å². The monoisotopic (exact) mass is 279 g/mol. The zero-order valence-corrected chi connectivity index (χ0v) is 14.3. The van der Waals surface area contributed by atoms with Gasteiger partial charge < -0.3 is 5.73 Å². The first kappa shape index (κ1) is 16.3. The van der Waals surface area contributed by atoms with Crippen molar-refractivity contribution in [3.63, 3.8) is 0 Å². The van der Waals surface area contributed by atoms with Crippen LogP contribution in [0, 0.1) is 35.0 Å². The smallest absolute Gasteiger partial charge is 0.00461 e. The fraction of sp³-hybridized carbons (Fsp3) is 1.00. The molecule has 5 unspecified atom stereocenters. The summed E-state index contributed by atoms with van der Waals surface area (Å²) in [6.45, 7) is 10.7. The van der Waals surface area contributed by atoms with Crippen molar-refractivity contribution in [1.82, 2.24) is 0 Å². The molecule has 2 saturated carbocycles. The Morgan fingerprint density at radius 1 is 0.900 bits per heavy atom. The largest absolute Gasteiger partial charge is 0.330 e. The fourth-order valence-corrected chi connectivity index (χ4v) is 5.18. The predicted molar refractivity (Wildman–Crippen MR) is 88.6 cm³/mol. The fourth-order valence-electron chi connectivity index (χ4n) is 5.18. The second-order valence-electron chi connectivity index (χ2n) is 8.65. The van der Waals surface area contributed by atoms with E-state index in [1.807, 2.05) is 0 Å². The number of rotatable bonds is 3. The predicted octanol–water partition coefficient (Wildman–Crippen LogP) is 5.24. The molecule has 2 fully saturated rings. The van der Waals surface area contributed by atoms with Crippen molar-refractivity contribution in [3.05, 3.63) is 0 Å². The van der Waals surface area contributed by atoms with Crippen LogP contribution in [0.2, 0.25) is 0 Å². The van der Waals surface area contributed by atoms with Crippen LogP contribution in [0.5, 0.6) is 0 Å². The molecule has 0 heterocycles. The maximum atomic E-state index is 6.14. The minimum absolute atomic E-state index is 0.480. The summed E-state index contributed by atoms with van der Waals surface area (Å²) in [5.74, 6) is 4.61. The van der Waals surface area contributed by atoms with Gasteiger partial charge in [-0.05, 0) is 67.2 Å². The van der Waals surface area contributed by atoms with Crippen molar-refractivity contribution in [2.45, 2.75) is 79.1 Å². The summed E-state index contributed by atoms with van der Waals surface area (Å²) in [5, 5.41) is 0. The van der Waals surface area contributed by atoms with Crippen molar-refractivity contribution in [3.8, 4) is 0 Å². The molecule has 0 aromatic carbocycles. The van der Waals surface area contributed by atoms with Gasteiger partial charge in [0.25, 0.3) is 0 Å². The number of hydrogen-bond acceptors (Lipinski definition) is 1. The van der Waals surface area contributed by atoms with E-state index in [1.165, 1.54) is 51.4 Å². The van der Waals surface area contributed by atoms with Crippen molar-refractivity contribution in [2.24, 2.45) is 40.7 Å². The average molecular weight is 280 g/mol. The van der Waals surface area contributed by atoms with Gasteiger partial charge in [0.2, 0.25) is 0 Å². The zero-order chi connectivity index (χ0) is 14.8. The molecule has 2 aliphatic carbocycles. The molecule has 0 aromatic rings. The van der Waals surface area contributed by atoms with Crippen molar-refractivity contribution >= 4 is 0 Å². The second kappa shape index (κ2) is 6.81. The average Bonchev–Trinajstić information content (AvgIpc) is 2.45. The van der Waals surface area contributed by atoms with Gasteiger partial charge in [-0.2, -0.15) is 0 Å². The first-order valence-electron chi connectivity index (χ1n) is 9.17. The lowest BCUT2D eigenvalue weighted by molar-refractivity contribution is 0.0286. The van der Waals surface area contributed by atoms with Gasteiger partial charge in [0.1, 0.15) is 0 Å². The van der Waals surface area contributed by atoms with Crippen LogP contribution >= 0.6 is 0 Å². The molecule has 0 aromatic heterocycles. The highest BCUT2D eigenvalue weighted by atomic mass is 14.6. The Hall–Kier alpha value is -0.0400. The third-order valence-electron chi connectivity index (χ3n) is 6.62. The van der Waals surface area contributed by atoms with Crippen molar-refractivity contribution < 1.29 is 0 Å². The summed E-state index contributed by atoms with van der Waals surface area (Å²) in [4.78, 5) is 0. The van der Waals surface area contributed by atoms with E-state index in [9.17, 15) is 0 Å². The van der Waals surface area contributed by atoms with E-state index in [4.69, 9.17) is 5.73 Å². The van der Waals surface area contributed by atoms with E-state index in [2.05, 4.69) is 27.7 Å². The van der Waals surface area contributed by atoms with Crippen LogP contribution in [-0.4, -0.2) is 6.54 Å². The summed E-state index contributed by atoms with van der Waals surface area (Å²) < 4.78 is 0. The Labute approximate surface area is 127 Å². The van der Waals surface area contributed by atoms with E-state index >= 15 is 0 Å². The molecule has 0 radical (unpaired) electrons. The van der Waals surface area contributed by atoms with Crippen LogP contribution in [0.3, 0.4) is 0 Å². The van der Waals surface area contributed by atoms with Gasteiger partial charge in [0.05, 0.1) is 0 Å². The van der Waals surface area contributed by atoms with Gasteiger partial charge in [0, 0.05) is 0 Å². The van der Waals surface area contributed by atoms with Gasteiger partial charge >= 0.3 is 0 Å². The van der Waals surface area contributed by atoms with Crippen LogP contribution in [0.15, 0.2) is 0 Å². The summed E-state index contributed by atoms with van der Waals surface area (Å²) in [7, 11) is 0. The number of nitrogens with two attached hydrogens (primary N) is 1. The molecule has 0 spiro atoms. The Morgan fingerprint density at radius 3 is 2.20 bits per heavy atom. The minimum Gasteiger partial charge on any atom is -0.330 e. The molecule has 2 N–H and O–H groups in total.